The quantitative estimate of drug-likeness (QED) is 0.876. The molecule has 0 bridgehead atoms. The van der Waals surface area contributed by atoms with Crippen molar-refractivity contribution in [1.82, 2.24) is 5.32 Å². The van der Waals surface area contributed by atoms with Gasteiger partial charge >= 0.3 is 0 Å². The molecular formula is C21H26N2O. The van der Waals surface area contributed by atoms with E-state index in [2.05, 4.69) is 35.6 Å². The Morgan fingerprint density at radius 3 is 2.17 bits per heavy atom. The lowest BCUT2D eigenvalue weighted by molar-refractivity contribution is -0.122. The highest BCUT2D eigenvalue weighted by Crippen LogP contribution is 2.32. The van der Waals surface area contributed by atoms with E-state index >= 15 is 0 Å². The van der Waals surface area contributed by atoms with E-state index in [1.54, 1.807) is 0 Å². The molecule has 0 aliphatic heterocycles. The Kier molecular flexibility index (Phi) is 5.65. The number of amides is 1. The molecule has 3 nitrogen and oxygen atoms in total. The van der Waals surface area contributed by atoms with Crippen LogP contribution < -0.4 is 11.1 Å². The maximum absolute atomic E-state index is 12.3. The van der Waals surface area contributed by atoms with Gasteiger partial charge in [-0.15, -0.1) is 0 Å². The van der Waals surface area contributed by atoms with Crippen molar-refractivity contribution in [3.05, 3.63) is 71.8 Å². The van der Waals surface area contributed by atoms with E-state index in [-0.39, 0.29) is 11.9 Å². The molecule has 0 spiro atoms. The molecule has 1 aliphatic rings. The first-order valence-corrected chi connectivity index (χ1v) is 8.87. The molecule has 126 valence electrons. The first-order valence-electron chi connectivity index (χ1n) is 8.87. The molecule has 24 heavy (non-hydrogen) atoms. The molecule has 2 aromatic rings. The number of nitrogens with one attached hydrogen (secondary N) is 1. The van der Waals surface area contributed by atoms with Crippen LogP contribution in [0.5, 0.6) is 0 Å². The highest BCUT2D eigenvalue weighted by molar-refractivity contribution is 5.77. The summed E-state index contributed by atoms with van der Waals surface area (Å²) >= 11 is 0. The molecule has 3 N–H and O–H groups in total. The zero-order valence-corrected chi connectivity index (χ0v) is 14.0. The van der Waals surface area contributed by atoms with Crippen molar-refractivity contribution in [3.63, 3.8) is 0 Å². The number of nitrogens with two attached hydrogens (primary N) is 1. The number of carbonyl (C=O) groups is 1. The average Bonchev–Trinajstić information content (AvgIpc) is 2.64. The molecular weight excluding hydrogens is 296 g/mol. The molecule has 3 rings (SSSR count). The van der Waals surface area contributed by atoms with Crippen molar-refractivity contribution in [2.45, 2.75) is 50.1 Å². The molecule has 3 heteroatoms. The summed E-state index contributed by atoms with van der Waals surface area (Å²) in [6, 6.07) is 20.6. The Bertz CT molecular complexity index is 633. The fourth-order valence-electron chi connectivity index (χ4n) is 3.60. The van der Waals surface area contributed by atoms with E-state index in [4.69, 9.17) is 5.73 Å². The van der Waals surface area contributed by atoms with E-state index in [1.807, 2.05) is 30.3 Å². The Labute approximate surface area is 144 Å². The lowest BCUT2D eigenvalue weighted by Gasteiger charge is -2.29. The van der Waals surface area contributed by atoms with E-state index < -0.39 is 0 Å². The molecule has 1 aliphatic carbocycles. The van der Waals surface area contributed by atoms with Crippen molar-refractivity contribution in [1.29, 1.82) is 0 Å². The summed E-state index contributed by atoms with van der Waals surface area (Å²) in [6.45, 7) is 0. The van der Waals surface area contributed by atoms with Crippen molar-refractivity contribution >= 4 is 5.91 Å². The second-order valence-corrected chi connectivity index (χ2v) is 6.75. The molecule has 0 aromatic heterocycles. The molecule has 0 radical (unpaired) electrons. The number of rotatable bonds is 5. The van der Waals surface area contributed by atoms with Crippen LogP contribution in [0.3, 0.4) is 0 Å². The van der Waals surface area contributed by atoms with Gasteiger partial charge in [-0.3, -0.25) is 4.79 Å². The van der Waals surface area contributed by atoms with E-state index in [0.29, 0.717) is 18.4 Å². The summed E-state index contributed by atoms with van der Waals surface area (Å²) in [5, 5.41) is 3.17. The molecule has 0 heterocycles. The first-order chi connectivity index (χ1) is 11.7. The van der Waals surface area contributed by atoms with Gasteiger partial charge in [0.05, 0.1) is 0 Å². The molecule has 1 atom stereocenters. The van der Waals surface area contributed by atoms with Crippen LogP contribution in [0.4, 0.5) is 0 Å². The summed E-state index contributed by atoms with van der Waals surface area (Å²) in [4.78, 5) is 12.3. The van der Waals surface area contributed by atoms with Crippen LogP contribution in [0.1, 0.15) is 55.2 Å². The smallest absolute Gasteiger partial charge is 0.222 e. The summed E-state index contributed by atoms with van der Waals surface area (Å²) < 4.78 is 0. The SMILES string of the molecule is NC(CC(=O)NC1CCC(c2ccccc2)CC1)c1ccccc1. The van der Waals surface area contributed by atoms with Crippen LogP contribution in [-0.4, -0.2) is 11.9 Å². The van der Waals surface area contributed by atoms with E-state index in [1.165, 1.54) is 5.56 Å². The molecule has 1 saturated carbocycles. The van der Waals surface area contributed by atoms with Crippen LogP contribution in [0, 0.1) is 0 Å². The van der Waals surface area contributed by atoms with Crippen LogP contribution >= 0.6 is 0 Å². The normalized spacial score (nSPS) is 21.9. The van der Waals surface area contributed by atoms with Gasteiger partial charge in [-0.05, 0) is 42.7 Å². The third kappa shape index (κ3) is 4.45. The standard InChI is InChI=1S/C21H26N2O/c22-20(18-9-5-2-6-10-18)15-21(24)23-19-13-11-17(12-14-19)16-7-3-1-4-8-16/h1-10,17,19-20H,11-15,22H2,(H,23,24). The van der Waals surface area contributed by atoms with Gasteiger partial charge in [-0.1, -0.05) is 60.7 Å². The molecule has 2 aromatic carbocycles. The summed E-state index contributed by atoms with van der Waals surface area (Å²) in [5.41, 5.74) is 8.58. The van der Waals surface area contributed by atoms with Gasteiger partial charge < -0.3 is 11.1 Å². The number of hydrogen-bond donors (Lipinski definition) is 2. The maximum atomic E-state index is 12.3. The second-order valence-electron chi connectivity index (χ2n) is 6.75. The van der Waals surface area contributed by atoms with Gasteiger partial charge in [-0.25, -0.2) is 0 Å². The van der Waals surface area contributed by atoms with Gasteiger partial charge in [0.25, 0.3) is 0 Å². The van der Waals surface area contributed by atoms with Crippen molar-refractivity contribution in [2.24, 2.45) is 5.73 Å². The lowest BCUT2D eigenvalue weighted by atomic mass is 9.82. The van der Waals surface area contributed by atoms with Gasteiger partial charge in [0.2, 0.25) is 5.91 Å². The summed E-state index contributed by atoms with van der Waals surface area (Å²) in [6.07, 6.45) is 4.72. The number of hydrogen-bond acceptors (Lipinski definition) is 2. The van der Waals surface area contributed by atoms with Crippen LogP contribution in [0.25, 0.3) is 0 Å². The van der Waals surface area contributed by atoms with Crippen molar-refractivity contribution < 1.29 is 4.79 Å². The Morgan fingerprint density at radius 1 is 0.958 bits per heavy atom. The third-order valence-corrected chi connectivity index (χ3v) is 5.00. The fourth-order valence-corrected chi connectivity index (χ4v) is 3.60. The maximum Gasteiger partial charge on any atom is 0.222 e. The third-order valence-electron chi connectivity index (χ3n) is 5.00. The minimum absolute atomic E-state index is 0.0644. The van der Waals surface area contributed by atoms with E-state index in [9.17, 15) is 4.79 Å². The van der Waals surface area contributed by atoms with Crippen LogP contribution in [0.15, 0.2) is 60.7 Å². The highest BCUT2D eigenvalue weighted by atomic mass is 16.1. The summed E-state index contributed by atoms with van der Waals surface area (Å²) in [5.74, 6) is 0.695. The van der Waals surface area contributed by atoms with Crippen molar-refractivity contribution in [2.75, 3.05) is 0 Å². The molecule has 1 amide bonds. The van der Waals surface area contributed by atoms with Crippen LogP contribution in [-0.2, 0) is 4.79 Å². The zero-order valence-electron chi connectivity index (χ0n) is 14.0. The number of benzene rings is 2. The minimum Gasteiger partial charge on any atom is -0.353 e. The monoisotopic (exact) mass is 322 g/mol. The predicted molar refractivity (Wildman–Crippen MR) is 97.6 cm³/mol. The minimum atomic E-state index is -0.230. The van der Waals surface area contributed by atoms with Gasteiger partial charge in [0.15, 0.2) is 0 Å². The highest BCUT2D eigenvalue weighted by Gasteiger charge is 2.23. The Morgan fingerprint density at radius 2 is 1.54 bits per heavy atom. The number of carbonyl (C=O) groups excluding carboxylic acids is 1. The summed E-state index contributed by atoms with van der Waals surface area (Å²) in [7, 11) is 0. The van der Waals surface area contributed by atoms with Crippen LogP contribution in [0.2, 0.25) is 0 Å². The van der Waals surface area contributed by atoms with Crippen molar-refractivity contribution in [3.8, 4) is 0 Å². The van der Waals surface area contributed by atoms with E-state index in [0.717, 1.165) is 31.2 Å². The fraction of sp³-hybridized carbons (Fsp3) is 0.381. The second kappa shape index (κ2) is 8.11. The largest absolute Gasteiger partial charge is 0.353 e. The van der Waals surface area contributed by atoms with Gasteiger partial charge in [0.1, 0.15) is 0 Å². The molecule has 0 saturated heterocycles. The topological polar surface area (TPSA) is 55.1 Å². The average molecular weight is 322 g/mol. The first kappa shape index (κ1) is 16.7. The molecule has 1 fully saturated rings. The van der Waals surface area contributed by atoms with Gasteiger partial charge in [-0.2, -0.15) is 0 Å². The lowest BCUT2D eigenvalue weighted by Crippen LogP contribution is -2.38. The molecule has 1 unspecified atom stereocenters. The zero-order chi connectivity index (χ0) is 16.8. The Balaban J connectivity index is 1.45. The predicted octanol–water partition coefficient (Wildman–Crippen LogP) is 3.92. The Hall–Kier alpha value is -2.13. The van der Waals surface area contributed by atoms with Gasteiger partial charge in [0, 0.05) is 18.5 Å².